The van der Waals surface area contributed by atoms with Gasteiger partial charge in [0.25, 0.3) is 5.91 Å². The molecule has 0 aromatic heterocycles. The van der Waals surface area contributed by atoms with Crippen molar-refractivity contribution in [1.82, 2.24) is 5.48 Å². The number of hydroxylamine groups is 1. The summed E-state index contributed by atoms with van der Waals surface area (Å²) in [6.07, 6.45) is 0.957. The van der Waals surface area contributed by atoms with Crippen molar-refractivity contribution in [3.63, 3.8) is 0 Å². The number of hydrogen-bond acceptors (Lipinski definition) is 2. The summed E-state index contributed by atoms with van der Waals surface area (Å²) in [7, 11) is 0. The molecule has 0 heterocycles. The van der Waals surface area contributed by atoms with Crippen molar-refractivity contribution in [3.05, 3.63) is 35.9 Å². The van der Waals surface area contributed by atoms with E-state index in [0.29, 0.717) is 6.61 Å². The quantitative estimate of drug-likeness (QED) is 0.770. The van der Waals surface area contributed by atoms with Crippen LogP contribution in [0.15, 0.2) is 30.3 Å². The van der Waals surface area contributed by atoms with Crippen LogP contribution in [-0.2, 0) is 9.63 Å². The van der Waals surface area contributed by atoms with Crippen LogP contribution in [0, 0.1) is 5.92 Å². The summed E-state index contributed by atoms with van der Waals surface area (Å²) >= 11 is 0. The van der Waals surface area contributed by atoms with E-state index in [4.69, 9.17) is 4.84 Å². The van der Waals surface area contributed by atoms with Gasteiger partial charge < -0.3 is 0 Å². The third-order valence-corrected chi connectivity index (χ3v) is 2.97. The molecule has 0 fully saturated rings. The monoisotopic (exact) mass is 235 g/mol. The fraction of sp³-hybridized carbons (Fsp3) is 0.500. The van der Waals surface area contributed by atoms with Gasteiger partial charge in [0, 0.05) is 0 Å². The topological polar surface area (TPSA) is 38.3 Å². The Bertz CT molecular complexity index is 337. The minimum atomic E-state index is -0.146. The van der Waals surface area contributed by atoms with Crippen molar-refractivity contribution in [2.24, 2.45) is 5.92 Å². The maximum atomic E-state index is 12.1. The van der Waals surface area contributed by atoms with E-state index in [-0.39, 0.29) is 17.7 Å². The standard InChI is InChI=1S/C14H21NO2/c1-4-11(3)13(14(16)15-17-5-2)12-9-7-6-8-10-12/h6-11,13H,4-5H2,1-3H3,(H,15,16). The van der Waals surface area contributed by atoms with Gasteiger partial charge in [0.1, 0.15) is 0 Å². The third-order valence-electron chi connectivity index (χ3n) is 2.97. The first kappa shape index (κ1) is 13.7. The molecule has 3 nitrogen and oxygen atoms in total. The Morgan fingerprint density at radius 2 is 1.94 bits per heavy atom. The summed E-state index contributed by atoms with van der Waals surface area (Å²) in [6, 6.07) is 9.85. The Kier molecular flexibility index (Phi) is 5.70. The lowest BCUT2D eigenvalue weighted by molar-refractivity contribution is -0.136. The largest absolute Gasteiger partial charge is 0.274 e. The smallest absolute Gasteiger partial charge is 0.251 e. The molecular weight excluding hydrogens is 214 g/mol. The molecule has 0 aliphatic heterocycles. The highest BCUT2D eigenvalue weighted by molar-refractivity contribution is 5.83. The predicted molar refractivity (Wildman–Crippen MR) is 68.4 cm³/mol. The molecule has 1 N–H and O–H groups in total. The van der Waals surface area contributed by atoms with E-state index in [2.05, 4.69) is 19.3 Å². The molecule has 1 rings (SSSR count). The van der Waals surface area contributed by atoms with Gasteiger partial charge in [-0.25, -0.2) is 5.48 Å². The molecule has 17 heavy (non-hydrogen) atoms. The van der Waals surface area contributed by atoms with Crippen LogP contribution in [-0.4, -0.2) is 12.5 Å². The van der Waals surface area contributed by atoms with E-state index in [1.165, 1.54) is 0 Å². The molecule has 0 bridgehead atoms. The van der Waals surface area contributed by atoms with Gasteiger partial charge in [0.05, 0.1) is 12.5 Å². The number of nitrogens with one attached hydrogen (secondary N) is 1. The average molecular weight is 235 g/mol. The van der Waals surface area contributed by atoms with Crippen LogP contribution in [0.3, 0.4) is 0 Å². The van der Waals surface area contributed by atoms with Crippen molar-refractivity contribution in [1.29, 1.82) is 0 Å². The first-order valence-electron chi connectivity index (χ1n) is 6.17. The second-order valence-corrected chi connectivity index (χ2v) is 4.17. The highest BCUT2D eigenvalue weighted by Gasteiger charge is 2.25. The summed E-state index contributed by atoms with van der Waals surface area (Å²) in [5.74, 6) is 0.0815. The predicted octanol–water partition coefficient (Wildman–Crippen LogP) is 2.88. The Morgan fingerprint density at radius 1 is 1.29 bits per heavy atom. The Hall–Kier alpha value is -1.35. The lowest BCUT2D eigenvalue weighted by Crippen LogP contribution is -2.32. The molecule has 3 heteroatoms. The van der Waals surface area contributed by atoms with Crippen molar-refractivity contribution < 1.29 is 9.63 Å². The van der Waals surface area contributed by atoms with Crippen LogP contribution in [0.2, 0.25) is 0 Å². The minimum absolute atomic E-state index is 0.0626. The SMILES string of the molecule is CCONC(=O)C(c1ccccc1)C(C)CC. The Morgan fingerprint density at radius 3 is 2.47 bits per heavy atom. The van der Waals surface area contributed by atoms with Gasteiger partial charge in [-0.15, -0.1) is 0 Å². The molecule has 1 amide bonds. The maximum Gasteiger partial charge on any atom is 0.251 e. The molecule has 0 spiro atoms. The van der Waals surface area contributed by atoms with Gasteiger partial charge in [0.2, 0.25) is 0 Å². The maximum absolute atomic E-state index is 12.1. The molecule has 0 saturated carbocycles. The van der Waals surface area contributed by atoms with E-state index < -0.39 is 0 Å². The normalized spacial score (nSPS) is 14.1. The van der Waals surface area contributed by atoms with E-state index in [1.54, 1.807) is 0 Å². The zero-order chi connectivity index (χ0) is 12.7. The summed E-state index contributed by atoms with van der Waals surface area (Å²) < 4.78 is 0. The average Bonchev–Trinajstić information content (AvgIpc) is 2.37. The van der Waals surface area contributed by atoms with Crippen LogP contribution >= 0.6 is 0 Å². The molecule has 2 unspecified atom stereocenters. The number of benzene rings is 1. The zero-order valence-electron chi connectivity index (χ0n) is 10.8. The van der Waals surface area contributed by atoms with Crippen molar-refractivity contribution >= 4 is 5.91 Å². The van der Waals surface area contributed by atoms with Crippen molar-refractivity contribution in [2.45, 2.75) is 33.1 Å². The lowest BCUT2D eigenvalue weighted by Gasteiger charge is -2.22. The van der Waals surface area contributed by atoms with Gasteiger partial charge in [-0.1, -0.05) is 50.6 Å². The Labute approximate surface area is 103 Å². The number of hydrogen-bond donors (Lipinski definition) is 1. The number of amides is 1. The fourth-order valence-corrected chi connectivity index (χ4v) is 1.84. The first-order chi connectivity index (χ1) is 8.20. The zero-order valence-corrected chi connectivity index (χ0v) is 10.8. The lowest BCUT2D eigenvalue weighted by atomic mass is 9.85. The van der Waals surface area contributed by atoms with E-state index in [1.807, 2.05) is 37.3 Å². The summed E-state index contributed by atoms with van der Waals surface area (Å²) in [4.78, 5) is 17.1. The molecular formula is C14H21NO2. The van der Waals surface area contributed by atoms with Gasteiger partial charge in [-0.2, -0.15) is 0 Å². The van der Waals surface area contributed by atoms with Gasteiger partial charge in [-0.3, -0.25) is 9.63 Å². The van der Waals surface area contributed by atoms with Crippen LogP contribution in [0.4, 0.5) is 0 Å². The molecule has 0 aliphatic carbocycles. The summed E-state index contributed by atoms with van der Waals surface area (Å²) in [5.41, 5.74) is 3.55. The Balaban J connectivity index is 2.85. The summed E-state index contributed by atoms with van der Waals surface area (Å²) in [6.45, 7) is 6.51. The van der Waals surface area contributed by atoms with E-state index >= 15 is 0 Å². The highest BCUT2D eigenvalue weighted by Crippen LogP contribution is 2.26. The molecule has 1 aromatic rings. The van der Waals surface area contributed by atoms with Crippen LogP contribution in [0.5, 0.6) is 0 Å². The number of carbonyl (C=O) groups is 1. The fourth-order valence-electron chi connectivity index (χ4n) is 1.84. The molecule has 1 aromatic carbocycles. The van der Waals surface area contributed by atoms with Gasteiger partial charge >= 0.3 is 0 Å². The minimum Gasteiger partial charge on any atom is -0.274 e. The molecule has 0 aliphatic rings. The van der Waals surface area contributed by atoms with Crippen LogP contribution in [0.25, 0.3) is 0 Å². The molecule has 2 atom stereocenters. The van der Waals surface area contributed by atoms with E-state index in [0.717, 1.165) is 12.0 Å². The van der Waals surface area contributed by atoms with Crippen molar-refractivity contribution in [3.8, 4) is 0 Å². The third kappa shape index (κ3) is 3.86. The van der Waals surface area contributed by atoms with Crippen LogP contribution in [0.1, 0.15) is 38.7 Å². The second kappa shape index (κ2) is 7.07. The van der Waals surface area contributed by atoms with E-state index in [9.17, 15) is 4.79 Å². The molecule has 0 radical (unpaired) electrons. The van der Waals surface area contributed by atoms with Crippen molar-refractivity contribution in [2.75, 3.05) is 6.61 Å². The first-order valence-corrected chi connectivity index (χ1v) is 6.17. The summed E-state index contributed by atoms with van der Waals surface area (Å²) in [5, 5.41) is 0. The van der Waals surface area contributed by atoms with Gasteiger partial charge in [-0.05, 0) is 18.4 Å². The number of rotatable bonds is 6. The highest BCUT2D eigenvalue weighted by atomic mass is 16.6. The van der Waals surface area contributed by atoms with Gasteiger partial charge in [0.15, 0.2) is 0 Å². The number of carbonyl (C=O) groups excluding carboxylic acids is 1. The molecule has 94 valence electrons. The second-order valence-electron chi connectivity index (χ2n) is 4.17. The molecule has 0 saturated heterocycles. The van der Waals surface area contributed by atoms with Crippen LogP contribution < -0.4 is 5.48 Å².